The molecule has 4 N–H and O–H groups in total. The van der Waals surface area contributed by atoms with Crippen molar-refractivity contribution in [2.75, 3.05) is 0 Å². The van der Waals surface area contributed by atoms with Crippen molar-refractivity contribution in [3.05, 3.63) is 35.9 Å². The first kappa shape index (κ1) is 13.1. The molecular weight excluding hydrogens is 174 g/mol. The molecule has 1 aromatic rings. The summed E-state index contributed by atoms with van der Waals surface area (Å²) in [6.45, 7) is 4.07. The van der Waals surface area contributed by atoms with Gasteiger partial charge < -0.3 is 11.3 Å². The fourth-order valence-corrected chi connectivity index (χ4v) is 1.48. The maximum absolute atomic E-state index is 10.1. The predicted molar refractivity (Wildman–Crippen MR) is 60.7 cm³/mol. The first-order valence-corrected chi connectivity index (χ1v) is 4.96. The summed E-state index contributed by atoms with van der Waals surface area (Å²) < 4.78 is 0. The number of benzene rings is 1. The third-order valence-electron chi connectivity index (χ3n) is 2.69. The van der Waals surface area contributed by atoms with E-state index >= 15 is 0 Å². The number of aliphatic hydroxyl groups is 1. The molecule has 0 atom stereocenters. The molecule has 0 unspecified atom stereocenters. The van der Waals surface area contributed by atoms with Crippen LogP contribution in [0.5, 0.6) is 0 Å². The molecule has 0 saturated carbocycles. The van der Waals surface area contributed by atoms with Crippen LogP contribution >= 0.6 is 0 Å². The van der Waals surface area contributed by atoms with Crippen molar-refractivity contribution in [3.63, 3.8) is 0 Å². The van der Waals surface area contributed by atoms with E-state index in [1.165, 1.54) is 5.56 Å². The predicted octanol–water partition coefficient (Wildman–Crippen LogP) is 2.94. The Hall–Kier alpha value is -0.860. The summed E-state index contributed by atoms with van der Waals surface area (Å²) in [6.07, 6.45) is 2.40. The summed E-state index contributed by atoms with van der Waals surface area (Å²) >= 11 is 0. The molecule has 0 fully saturated rings. The highest BCUT2D eigenvalue weighted by atomic mass is 16.3. The van der Waals surface area contributed by atoms with E-state index in [-0.39, 0.29) is 6.15 Å². The van der Waals surface area contributed by atoms with Crippen LogP contribution in [0.15, 0.2) is 30.3 Å². The molecule has 2 heteroatoms. The smallest absolute Gasteiger partial charge is 0.0682 e. The number of rotatable bonds is 4. The van der Waals surface area contributed by atoms with E-state index in [1.54, 1.807) is 0 Å². The summed E-state index contributed by atoms with van der Waals surface area (Å²) in [5, 5.41) is 10.1. The van der Waals surface area contributed by atoms with E-state index in [2.05, 4.69) is 12.1 Å². The minimum atomic E-state index is -0.513. The molecule has 14 heavy (non-hydrogen) atoms. The molecule has 0 saturated heterocycles. The Bertz CT molecular complexity index is 242. The second-order valence-corrected chi connectivity index (χ2v) is 3.59. The Morgan fingerprint density at radius 1 is 1.07 bits per heavy atom. The van der Waals surface area contributed by atoms with Crippen LogP contribution in [0.4, 0.5) is 0 Å². The fraction of sp³-hybridized carbons (Fsp3) is 0.500. The Balaban J connectivity index is 0.00000169. The maximum atomic E-state index is 10.1. The van der Waals surface area contributed by atoms with Crippen LogP contribution in [0.25, 0.3) is 0 Å². The van der Waals surface area contributed by atoms with Crippen LogP contribution in [-0.4, -0.2) is 10.7 Å². The van der Waals surface area contributed by atoms with Gasteiger partial charge in [0, 0.05) is 6.42 Å². The lowest BCUT2D eigenvalue weighted by Gasteiger charge is -2.25. The van der Waals surface area contributed by atoms with Gasteiger partial charge in [0.25, 0.3) is 0 Å². The molecule has 0 aliphatic heterocycles. The van der Waals surface area contributed by atoms with Gasteiger partial charge in [-0.05, 0) is 18.4 Å². The van der Waals surface area contributed by atoms with Gasteiger partial charge in [0.1, 0.15) is 0 Å². The molecule has 0 aliphatic rings. The monoisotopic (exact) mass is 195 g/mol. The summed E-state index contributed by atoms with van der Waals surface area (Å²) in [7, 11) is 0. The summed E-state index contributed by atoms with van der Waals surface area (Å²) in [5.41, 5.74) is 0.704. The van der Waals surface area contributed by atoms with E-state index < -0.39 is 5.60 Å². The molecule has 80 valence electrons. The Morgan fingerprint density at radius 3 is 2.00 bits per heavy atom. The first-order valence-electron chi connectivity index (χ1n) is 4.96. The second kappa shape index (κ2) is 5.78. The Morgan fingerprint density at radius 2 is 1.57 bits per heavy atom. The molecule has 0 bridgehead atoms. The van der Waals surface area contributed by atoms with Crippen LogP contribution in [-0.2, 0) is 6.42 Å². The lowest BCUT2D eigenvalue weighted by atomic mass is 9.90. The largest absolute Gasteiger partial charge is 0.390 e. The number of hydrogen-bond acceptors (Lipinski definition) is 2. The average Bonchev–Trinajstić information content (AvgIpc) is 2.19. The normalized spacial score (nSPS) is 10.8. The standard InChI is InChI=1S/C12H18O.H3N/c1-3-12(13,4-2)10-11-8-6-5-7-9-11;/h5-9,13H,3-4,10H2,1-2H3;1H3. The maximum Gasteiger partial charge on any atom is 0.0682 e. The van der Waals surface area contributed by atoms with Crippen molar-refractivity contribution < 1.29 is 5.11 Å². The van der Waals surface area contributed by atoms with Gasteiger partial charge in [-0.1, -0.05) is 44.2 Å². The van der Waals surface area contributed by atoms with Crippen LogP contribution in [0.1, 0.15) is 32.3 Å². The van der Waals surface area contributed by atoms with Crippen LogP contribution in [0.2, 0.25) is 0 Å². The van der Waals surface area contributed by atoms with Gasteiger partial charge in [-0.15, -0.1) is 0 Å². The fourth-order valence-electron chi connectivity index (χ4n) is 1.48. The van der Waals surface area contributed by atoms with E-state index in [9.17, 15) is 5.11 Å². The molecule has 0 aliphatic carbocycles. The second-order valence-electron chi connectivity index (χ2n) is 3.59. The summed E-state index contributed by atoms with van der Waals surface area (Å²) in [5.74, 6) is 0. The van der Waals surface area contributed by atoms with Gasteiger partial charge in [0.05, 0.1) is 5.60 Å². The van der Waals surface area contributed by atoms with Gasteiger partial charge in [-0.3, -0.25) is 0 Å². The highest BCUT2D eigenvalue weighted by Crippen LogP contribution is 2.20. The van der Waals surface area contributed by atoms with Gasteiger partial charge in [-0.25, -0.2) is 0 Å². The Labute approximate surface area is 86.6 Å². The molecule has 0 aromatic heterocycles. The highest BCUT2D eigenvalue weighted by molar-refractivity contribution is 5.16. The van der Waals surface area contributed by atoms with Crippen LogP contribution in [0, 0.1) is 0 Å². The van der Waals surface area contributed by atoms with Crippen molar-refractivity contribution in [2.24, 2.45) is 0 Å². The molecule has 1 aromatic carbocycles. The van der Waals surface area contributed by atoms with Crippen LogP contribution < -0.4 is 6.15 Å². The van der Waals surface area contributed by atoms with Gasteiger partial charge in [0.2, 0.25) is 0 Å². The molecular formula is C12H21NO. The van der Waals surface area contributed by atoms with E-state index in [1.807, 2.05) is 32.0 Å². The summed E-state index contributed by atoms with van der Waals surface area (Å²) in [6, 6.07) is 10.2. The zero-order valence-corrected chi connectivity index (χ0v) is 9.16. The third-order valence-corrected chi connectivity index (χ3v) is 2.69. The minimum Gasteiger partial charge on any atom is -0.390 e. The van der Waals surface area contributed by atoms with E-state index in [0.717, 1.165) is 19.3 Å². The topological polar surface area (TPSA) is 55.2 Å². The average molecular weight is 195 g/mol. The van der Waals surface area contributed by atoms with Gasteiger partial charge in [0.15, 0.2) is 0 Å². The van der Waals surface area contributed by atoms with Crippen molar-refractivity contribution in [2.45, 2.75) is 38.7 Å². The van der Waals surface area contributed by atoms with Gasteiger partial charge >= 0.3 is 0 Å². The van der Waals surface area contributed by atoms with Crippen molar-refractivity contribution in [1.82, 2.24) is 6.15 Å². The van der Waals surface area contributed by atoms with Crippen LogP contribution in [0.3, 0.4) is 0 Å². The van der Waals surface area contributed by atoms with Crippen molar-refractivity contribution in [3.8, 4) is 0 Å². The zero-order valence-electron chi connectivity index (χ0n) is 9.16. The van der Waals surface area contributed by atoms with Crippen molar-refractivity contribution in [1.29, 1.82) is 0 Å². The van der Waals surface area contributed by atoms with Gasteiger partial charge in [-0.2, -0.15) is 0 Å². The molecule has 0 spiro atoms. The highest BCUT2D eigenvalue weighted by Gasteiger charge is 2.21. The molecule has 0 heterocycles. The van der Waals surface area contributed by atoms with E-state index in [0.29, 0.717) is 0 Å². The van der Waals surface area contributed by atoms with Crippen molar-refractivity contribution >= 4 is 0 Å². The lowest BCUT2D eigenvalue weighted by molar-refractivity contribution is 0.0326. The zero-order chi connectivity index (χ0) is 9.73. The van der Waals surface area contributed by atoms with E-state index in [4.69, 9.17) is 0 Å². The molecule has 0 radical (unpaired) electrons. The first-order chi connectivity index (χ1) is 6.20. The summed E-state index contributed by atoms with van der Waals surface area (Å²) in [4.78, 5) is 0. The minimum absolute atomic E-state index is 0. The lowest BCUT2D eigenvalue weighted by Crippen LogP contribution is -2.29. The quantitative estimate of drug-likeness (QED) is 0.776. The SMILES string of the molecule is CCC(O)(CC)Cc1ccccc1.N. The molecule has 2 nitrogen and oxygen atoms in total. The molecule has 0 amide bonds. The third kappa shape index (κ3) is 3.48. The Kier molecular flexibility index (Phi) is 5.43. The number of hydrogen-bond donors (Lipinski definition) is 2. The molecule has 1 rings (SSSR count).